The summed E-state index contributed by atoms with van der Waals surface area (Å²) in [5.41, 5.74) is 1.51. The minimum Gasteiger partial charge on any atom is -0.466 e. The molecule has 1 aliphatic carbocycles. The third kappa shape index (κ3) is 6.61. The summed E-state index contributed by atoms with van der Waals surface area (Å²) in [7, 11) is 1.73. The smallest absolute Gasteiger partial charge is 0.308 e. The Morgan fingerprint density at radius 3 is 2.45 bits per heavy atom. The molecule has 1 aromatic carbocycles. The monoisotopic (exact) mass is 406 g/mol. The standard InChI is InChI=1S/C22H35FN4O2/c1-5-27(6-2)20-13-8-16(14-19(20)23)15-25-22(24-4)26-18-11-9-17(10-12-18)21(28)29-7-3/h8,13-14,17-18H,5-7,9-12,15H2,1-4H3,(H2,24,25,26). The summed E-state index contributed by atoms with van der Waals surface area (Å²) < 4.78 is 19.6. The van der Waals surface area contributed by atoms with Crippen LogP contribution in [0.15, 0.2) is 23.2 Å². The molecule has 6 nitrogen and oxygen atoms in total. The number of nitrogens with zero attached hydrogens (tertiary/aromatic N) is 2. The van der Waals surface area contributed by atoms with Gasteiger partial charge in [-0.3, -0.25) is 9.79 Å². The number of guanidine groups is 1. The lowest BCUT2D eigenvalue weighted by Crippen LogP contribution is -2.45. The topological polar surface area (TPSA) is 66.0 Å². The number of carbonyl (C=O) groups is 1. The van der Waals surface area contributed by atoms with Crippen LogP contribution < -0.4 is 15.5 Å². The molecule has 0 heterocycles. The van der Waals surface area contributed by atoms with Crippen LogP contribution in [0, 0.1) is 11.7 Å². The highest BCUT2D eigenvalue weighted by molar-refractivity contribution is 5.80. The maximum Gasteiger partial charge on any atom is 0.308 e. The van der Waals surface area contributed by atoms with Gasteiger partial charge in [0.25, 0.3) is 0 Å². The quantitative estimate of drug-likeness (QED) is 0.393. The van der Waals surface area contributed by atoms with E-state index in [2.05, 4.69) is 15.6 Å². The average Bonchev–Trinajstić information content (AvgIpc) is 2.73. The van der Waals surface area contributed by atoms with Gasteiger partial charge in [-0.05, 0) is 64.2 Å². The Morgan fingerprint density at radius 2 is 1.90 bits per heavy atom. The molecule has 0 atom stereocenters. The number of rotatable bonds is 8. The molecule has 0 saturated heterocycles. The number of anilines is 1. The zero-order valence-corrected chi connectivity index (χ0v) is 18.1. The number of hydrogen-bond acceptors (Lipinski definition) is 4. The van der Waals surface area contributed by atoms with Gasteiger partial charge in [-0.25, -0.2) is 4.39 Å². The van der Waals surface area contributed by atoms with Crippen LogP contribution in [0.4, 0.5) is 10.1 Å². The average molecular weight is 407 g/mol. The molecule has 1 aromatic rings. The minimum absolute atomic E-state index is 0.00951. The SMILES string of the molecule is CCOC(=O)C1CCC(NC(=NC)NCc2ccc(N(CC)CC)c(F)c2)CC1. The molecule has 0 bridgehead atoms. The first-order valence-electron chi connectivity index (χ1n) is 10.7. The van der Waals surface area contributed by atoms with Crippen molar-refractivity contribution in [3.8, 4) is 0 Å². The van der Waals surface area contributed by atoms with Gasteiger partial charge in [-0.2, -0.15) is 0 Å². The number of esters is 1. The Hall–Kier alpha value is -2.31. The van der Waals surface area contributed by atoms with Crippen LogP contribution in [-0.4, -0.2) is 44.7 Å². The first-order valence-corrected chi connectivity index (χ1v) is 10.7. The third-order valence-electron chi connectivity index (χ3n) is 5.49. The fourth-order valence-corrected chi connectivity index (χ4v) is 3.79. The van der Waals surface area contributed by atoms with E-state index in [-0.39, 0.29) is 23.7 Å². The van der Waals surface area contributed by atoms with Gasteiger partial charge >= 0.3 is 5.97 Å². The van der Waals surface area contributed by atoms with Gasteiger partial charge in [-0.15, -0.1) is 0 Å². The first-order chi connectivity index (χ1) is 14.0. The molecular weight excluding hydrogens is 371 g/mol. The van der Waals surface area contributed by atoms with Crippen LogP contribution in [0.5, 0.6) is 0 Å². The molecule has 1 aliphatic rings. The maximum atomic E-state index is 14.5. The highest BCUT2D eigenvalue weighted by Gasteiger charge is 2.27. The Labute approximate surface area is 173 Å². The van der Waals surface area contributed by atoms with Crippen LogP contribution in [0.3, 0.4) is 0 Å². The Balaban J connectivity index is 1.84. The second-order valence-corrected chi connectivity index (χ2v) is 7.33. The number of ether oxygens (including phenoxy) is 1. The predicted octanol–water partition coefficient (Wildman–Crippen LogP) is 3.46. The summed E-state index contributed by atoms with van der Waals surface area (Å²) in [6, 6.07) is 5.64. The highest BCUT2D eigenvalue weighted by Crippen LogP contribution is 2.25. The summed E-state index contributed by atoms with van der Waals surface area (Å²) in [5, 5.41) is 6.67. The largest absolute Gasteiger partial charge is 0.466 e. The maximum absolute atomic E-state index is 14.5. The number of halogens is 1. The van der Waals surface area contributed by atoms with E-state index in [1.807, 2.05) is 37.8 Å². The number of nitrogens with one attached hydrogen (secondary N) is 2. The molecule has 162 valence electrons. The van der Waals surface area contributed by atoms with E-state index >= 15 is 0 Å². The lowest BCUT2D eigenvalue weighted by Gasteiger charge is -2.29. The zero-order chi connectivity index (χ0) is 21.2. The second-order valence-electron chi connectivity index (χ2n) is 7.33. The van der Waals surface area contributed by atoms with Gasteiger partial charge in [0.1, 0.15) is 5.82 Å². The molecule has 0 spiro atoms. The van der Waals surface area contributed by atoms with Gasteiger partial charge in [0, 0.05) is 32.7 Å². The van der Waals surface area contributed by atoms with E-state index in [0.29, 0.717) is 24.8 Å². The van der Waals surface area contributed by atoms with Gasteiger partial charge in [-0.1, -0.05) is 6.07 Å². The number of aliphatic imine (C=N–C) groups is 1. The van der Waals surface area contributed by atoms with Crippen molar-refractivity contribution in [3.05, 3.63) is 29.6 Å². The molecule has 0 amide bonds. The van der Waals surface area contributed by atoms with Crippen LogP contribution in [0.25, 0.3) is 0 Å². The Morgan fingerprint density at radius 1 is 1.21 bits per heavy atom. The summed E-state index contributed by atoms with van der Waals surface area (Å²) in [5.74, 6) is 0.421. The van der Waals surface area contributed by atoms with Crippen LogP contribution >= 0.6 is 0 Å². The lowest BCUT2D eigenvalue weighted by molar-refractivity contribution is -0.149. The Bertz CT molecular complexity index is 683. The van der Waals surface area contributed by atoms with Crippen molar-refractivity contribution in [1.29, 1.82) is 0 Å². The van der Waals surface area contributed by atoms with E-state index in [9.17, 15) is 9.18 Å². The van der Waals surface area contributed by atoms with Gasteiger partial charge < -0.3 is 20.3 Å². The Kier molecular flexibility index (Phi) is 9.22. The van der Waals surface area contributed by atoms with Crippen LogP contribution in [-0.2, 0) is 16.1 Å². The molecule has 0 unspecified atom stereocenters. The van der Waals surface area contributed by atoms with Gasteiger partial charge in [0.15, 0.2) is 5.96 Å². The van der Waals surface area contributed by atoms with Gasteiger partial charge in [0.2, 0.25) is 0 Å². The second kappa shape index (κ2) is 11.6. The van der Waals surface area contributed by atoms with Crippen LogP contribution in [0.2, 0.25) is 0 Å². The summed E-state index contributed by atoms with van der Waals surface area (Å²) in [6.07, 6.45) is 3.45. The van der Waals surface area contributed by atoms with Crippen molar-refractivity contribution < 1.29 is 13.9 Å². The first kappa shape index (κ1) is 23.0. The fourth-order valence-electron chi connectivity index (χ4n) is 3.79. The molecular formula is C22H35FN4O2. The van der Waals surface area contributed by atoms with Crippen molar-refractivity contribution in [3.63, 3.8) is 0 Å². The number of hydrogen-bond donors (Lipinski definition) is 2. The third-order valence-corrected chi connectivity index (χ3v) is 5.49. The molecule has 29 heavy (non-hydrogen) atoms. The van der Waals surface area contributed by atoms with Gasteiger partial charge in [0.05, 0.1) is 18.2 Å². The molecule has 1 saturated carbocycles. The fraction of sp³-hybridized carbons (Fsp3) is 0.636. The number of carbonyl (C=O) groups excluding carboxylic acids is 1. The van der Waals surface area contributed by atoms with Crippen molar-refractivity contribution in [2.45, 2.75) is 59.0 Å². The highest BCUT2D eigenvalue weighted by atomic mass is 19.1. The molecule has 0 aliphatic heterocycles. The van der Waals surface area contributed by atoms with E-state index in [1.165, 1.54) is 0 Å². The van der Waals surface area contributed by atoms with E-state index in [1.54, 1.807) is 13.1 Å². The molecule has 0 aromatic heterocycles. The van der Waals surface area contributed by atoms with Crippen molar-refractivity contribution >= 4 is 17.6 Å². The van der Waals surface area contributed by atoms with Crippen LogP contribution in [0.1, 0.15) is 52.0 Å². The lowest BCUT2D eigenvalue weighted by atomic mass is 9.86. The van der Waals surface area contributed by atoms with Crippen molar-refractivity contribution in [1.82, 2.24) is 10.6 Å². The molecule has 7 heteroatoms. The summed E-state index contributed by atoms with van der Waals surface area (Å²) >= 11 is 0. The normalized spacial score (nSPS) is 19.6. The molecule has 1 fully saturated rings. The zero-order valence-electron chi connectivity index (χ0n) is 18.1. The van der Waals surface area contributed by atoms with E-state index in [4.69, 9.17) is 4.74 Å². The summed E-state index contributed by atoms with van der Waals surface area (Å²) in [6.45, 7) is 8.36. The molecule has 0 radical (unpaired) electrons. The summed E-state index contributed by atoms with van der Waals surface area (Å²) in [4.78, 5) is 18.1. The van der Waals surface area contributed by atoms with Crippen molar-refractivity contribution in [2.75, 3.05) is 31.6 Å². The van der Waals surface area contributed by atoms with E-state index < -0.39 is 0 Å². The molecule has 2 N–H and O–H groups in total. The van der Waals surface area contributed by atoms with E-state index in [0.717, 1.165) is 44.3 Å². The van der Waals surface area contributed by atoms with Crippen molar-refractivity contribution in [2.24, 2.45) is 10.9 Å². The predicted molar refractivity (Wildman–Crippen MR) is 116 cm³/mol. The minimum atomic E-state index is -0.201. The molecule has 2 rings (SSSR count). The number of benzene rings is 1.